The quantitative estimate of drug-likeness (QED) is 0.820. The van der Waals surface area contributed by atoms with Gasteiger partial charge in [-0.05, 0) is 25.5 Å². The summed E-state index contributed by atoms with van der Waals surface area (Å²) < 4.78 is 30.5. The molecule has 1 N–H and O–H groups in total. The van der Waals surface area contributed by atoms with Gasteiger partial charge in [0.05, 0.1) is 28.6 Å². The largest absolute Gasteiger partial charge is 0.462 e. The summed E-state index contributed by atoms with van der Waals surface area (Å²) >= 11 is 6.02. The van der Waals surface area contributed by atoms with Gasteiger partial charge in [0, 0.05) is 0 Å². The van der Waals surface area contributed by atoms with E-state index in [0.717, 1.165) is 0 Å². The predicted molar refractivity (Wildman–Crippen MR) is 75.1 cm³/mol. The average molecular weight is 306 g/mol. The van der Waals surface area contributed by atoms with Gasteiger partial charge in [0.25, 0.3) is 0 Å². The Kier molecular flexibility index (Phi) is 5.62. The van der Waals surface area contributed by atoms with E-state index in [1.165, 1.54) is 12.1 Å². The Morgan fingerprint density at radius 3 is 2.63 bits per heavy atom. The molecule has 0 saturated carbocycles. The molecule has 19 heavy (non-hydrogen) atoms. The van der Waals surface area contributed by atoms with Gasteiger partial charge in [-0.1, -0.05) is 24.6 Å². The molecule has 0 aliphatic carbocycles. The van der Waals surface area contributed by atoms with Crippen molar-refractivity contribution in [1.29, 1.82) is 0 Å². The van der Waals surface area contributed by atoms with E-state index in [0.29, 0.717) is 6.42 Å². The Morgan fingerprint density at radius 2 is 2.05 bits per heavy atom. The molecule has 0 aliphatic rings. The number of nitrogens with one attached hydrogen (secondary N) is 1. The lowest BCUT2D eigenvalue weighted by Crippen LogP contribution is -2.17. The Labute approximate surface area is 118 Å². The van der Waals surface area contributed by atoms with Crippen molar-refractivity contribution in [3.05, 3.63) is 28.8 Å². The van der Waals surface area contributed by atoms with Crippen LogP contribution in [0.25, 0.3) is 0 Å². The van der Waals surface area contributed by atoms with Gasteiger partial charge in [0.15, 0.2) is 0 Å². The number of hydrogen-bond donors (Lipinski definition) is 1. The lowest BCUT2D eigenvalue weighted by Gasteiger charge is -2.11. The number of carbonyl (C=O) groups is 1. The van der Waals surface area contributed by atoms with Crippen LogP contribution in [0.4, 0.5) is 5.69 Å². The monoisotopic (exact) mass is 305 g/mol. The molecule has 0 amide bonds. The van der Waals surface area contributed by atoms with Crippen LogP contribution in [-0.2, 0) is 14.8 Å². The second kappa shape index (κ2) is 6.77. The van der Waals surface area contributed by atoms with Gasteiger partial charge in [0.2, 0.25) is 10.0 Å². The van der Waals surface area contributed by atoms with E-state index in [9.17, 15) is 13.2 Å². The second-order valence-electron chi connectivity index (χ2n) is 3.81. The van der Waals surface area contributed by atoms with E-state index in [1.54, 1.807) is 19.9 Å². The van der Waals surface area contributed by atoms with Crippen molar-refractivity contribution in [3.63, 3.8) is 0 Å². The van der Waals surface area contributed by atoms with Gasteiger partial charge < -0.3 is 4.74 Å². The topological polar surface area (TPSA) is 72.5 Å². The molecule has 0 spiro atoms. The van der Waals surface area contributed by atoms with Crippen molar-refractivity contribution in [3.8, 4) is 0 Å². The molecule has 0 aromatic heterocycles. The van der Waals surface area contributed by atoms with Crippen molar-refractivity contribution < 1.29 is 17.9 Å². The van der Waals surface area contributed by atoms with Crippen LogP contribution in [0.1, 0.15) is 30.6 Å². The summed E-state index contributed by atoms with van der Waals surface area (Å²) in [5, 5.41) is 0.0422. The van der Waals surface area contributed by atoms with E-state index in [2.05, 4.69) is 4.72 Å². The molecule has 0 radical (unpaired) electrons. The number of benzene rings is 1. The van der Waals surface area contributed by atoms with Crippen molar-refractivity contribution in [2.45, 2.75) is 20.3 Å². The zero-order valence-corrected chi connectivity index (χ0v) is 12.3. The van der Waals surface area contributed by atoms with Crippen molar-refractivity contribution in [2.75, 3.05) is 17.1 Å². The first-order valence-electron chi connectivity index (χ1n) is 5.87. The van der Waals surface area contributed by atoms with Gasteiger partial charge >= 0.3 is 5.97 Å². The molecule has 1 rings (SSSR count). The third-order valence-corrected chi connectivity index (χ3v) is 4.12. The first-order valence-corrected chi connectivity index (χ1v) is 7.90. The lowest BCUT2D eigenvalue weighted by molar-refractivity contribution is 0.0526. The van der Waals surface area contributed by atoms with Crippen molar-refractivity contribution in [1.82, 2.24) is 0 Å². The molecule has 1 aromatic carbocycles. The molecular weight excluding hydrogens is 290 g/mol. The maximum atomic E-state index is 11.7. The normalized spacial score (nSPS) is 11.1. The van der Waals surface area contributed by atoms with Gasteiger partial charge in [-0.2, -0.15) is 0 Å². The number of sulfonamides is 1. The van der Waals surface area contributed by atoms with Crippen LogP contribution in [0.5, 0.6) is 0 Å². The zero-order valence-electron chi connectivity index (χ0n) is 10.8. The summed E-state index contributed by atoms with van der Waals surface area (Å²) in [4.78, 5) is 11.6. The summed E-state index contributed by atoms with van der Waals surface area (Å²) in [5.74, 6) is -0.587. The number of halogens is 1. The highest BCUT2D eigenvalue weighted by Gasteiger charge is 2.17. The fraction of sp³-hybridized carbons (Fsp3) is 0.417. The summed E-state index contributed by atoms with van der Waals surface area (Å²) in [6.45, 7) is 3.66. The maximum Gasteiger partial charge on any atom is 0.339 e. The van der Waals surface area contributed by atoms with Gasteiger partial charge in [-0.25, -0.2) is 13.2 Å². The van der Waals surface area contributed by atoms with Gasteiger partial charge in [-0.15, -0.1) is 0 Å². The SMILES string of the molecule is CCCS(=O)(=O)Nc1cccc(C(=O)OCC)c1Cl. The van der Waals surface area contributed by atoms with Crippen LogP contribution in [0.2, 0.25) is 5.02 Å². The summed E-state index contributed by atoms with van der Waals surface area (Å²) in [5.41, 5.74) is 0.320. The van der Waals surface area contributed by atoms with Crippen LogP contribution in [0.15, 0.2) is 18.2 Å². The maximum absolute atomic E-state index is 11.7. The standard InChI is InChI=1S/C12H16ClNO4S/c1-3-8-19(16,17)14-10-7-5-6-9(11(10)13)12(15)18-4-2/h5-7,14H,3-4,8H2,1-2H3. The number of carbonyl (C=O) groups excluding carboxylic acids is 1. The van der Waals surface area contributed by atoms with E-state index < -0.39 is 16.0 Å². The van der Waals surface area contributed by atoms with E-state index in [4.69, 9.17) is 16.3 Å². The molecule has 1 aromatic rings. The number of hydrogen-bond acceptors (Lipinski definition) is 4. The molecule has 0 aliphatic heterocycles. The molecular formula is C12H16ClNO4S. The molecule has 0 unspecified atom stereocenters. The average Bonchev–Trinajstić information content (AvgIpc) is 2.31. The zero-order chi connectivity index (χ0) is 14.5. The molecule has 0 bridgehead atoms. The Morgan fingerprint density at radius 1 is 1.37 bits per heavy atom. The highest BCUT2D eigenvalue weighted by molar-refractivity contribution is 7.92. The fourth-order valence-electron chi connectivity index (χ4n) is 1.46. The summed E-state index contributed by atoms with van der Waals surface area (Å²) in [6.07, 6.45) is 0.491. The minimum Gasteiger partial charge on any atom is -0.462 e. The summed E-state index contributed by atoms with van der Waals surface area (Å²) in [6, 6.07) is 4.53. The third kappa shape index (κ3) is 4.40. The van der Waals surface area contributed by atoms with Crippen LogP contribution in [-0.4, -0.2) is 26.7 Å². The number of ether oxygens (including phenoxy) is 1. The minimum absolute atomic E-state index is 0.00698. The number of esters is 1. The van der Waals surface area contributed by atoms with Crippen LogP contribution in [0, 0.1) is 0 Å². The van der Waals surface area contributed by atoms with Gasteiger partial charge in [-0.3, -0.25) is 4.72 Å². The molecule has 7 heteroatoms. The summed E-state index contributed by atoms with van der Waals surface area (Å²) in [7, 11) is -3.45. The Hall–Kier alpha value is -1.27. The predicted octanol–water partition coefficient (Wildman–Crippen LogP) is 2.67. The highest BCUT2D eigenvalue weighted by atomic mass is 35.5. The van der Waals surface area contributed by atoms with Crippen molar-refractivity contribution in [2.24, 2.45) is 0 Å². The molecule has 0 saturated heterocycles. The van der Waals surface area contributed by atoms with E-state index in [1.807, 2.05) is 0 Å². The van der Waals surface area contributed by atoms with E-state index in [-0.39, 0.29) is 28.6 Å². The lowest BCUT2D eigenvalue weighted by atomic mass is 10.2. The smallest absolute Gasteiger partial charge is 0.339 e. The molecule has 0 atom stereocenters. The first kappa shape index (κ1) is 15.8. The Balaban J connectivity index is 3.05. The second-order valence-corrected chi connectivity index (χ2v) is 6.03. The molecule has 0 heterocycles. The molecule has 5 nitrogen and oxygen atoms in total. The van der Waals surface area contributed by atoms with Gasteiger partial charge in [0.1, 0.15) is 0 Å². The first-order chi connectivity index (χ1) is 8.91. The van der Waals surface area contributed by atoms with E-state index >= 15 is 0 Å². The Bertz CT molecular complexity index is 557. The van der Waals surface area contributed by atoms with Crippen LogP contribution < -0.4 is 4.72 Å². The minimum atomic E-state index is -3.45. The molecule has 106 valence electrons. The number of anilines is 1. The number of rotatable bonds is 6. The van der Waals surface area contributed by atoms with Crippen LogP contribution in [0.3, 0.4) is 0 Å². The fourth-order valence-corrected chi connectivity index (χ4v) is 2.92. The third-order valence-electron chi connectivity index (χ3n) is 2.23. The molecule has 0 fully saturated rings. The van der Waals surface area contributed by atoms with Crippen LogP contribution >= 0.6 is 11.6 Å². The highest BCUT2D eigenvalue weighted by Crippen LogP contribution is 2.27. The van der Waals surface area contributed by atoms with Crippen molar-refractivity contribution >= 4 is 33.3 Å².